The van der Waals surface area contributed by atoms with Crippen molar-refractivity contribution in [2.75, 3.05) is 18.0 Å². The Balaban J connectivity index is 0.000000216. The molecule has 1 aliphatic carbocycles. The highest BCUT2D eigenvalue weighted by atomic mass is 35.5. The third-order valence-corrected chi connectivity index (χ3v) is 8.01. The summed E-state index contributed by atoms with van der Waals surface area (Å²) < 4.78 is 77.7. The third-order valence-electron chi connectivity index (χ3n) is 6.95. The van der Waals surface area contributed by atoms with Crippen LogP contribution in [0.15, 0.2) is 46.2 Å². The molecule has 0 aromatic carbocycles. The molecule has 4 aromatic rings. The number of anilines is 1. The van der Waals surface area contributed by atoms with E-state index in [1.54, 1.807) is 0 Å². The number of piperidine rings is 1. The van der Waals surface area contributed by atoms with Gasteiger partial charge in [0.15, 0.2) is 11.0 Å². The van der Waals surface area contributed by atoms with Gasteiger partial charge in [0.25, 0.3) is 17.0 Å². The van der Waals surface area contributed by atoms with Crippen LogP contribution >= 0.6 is 34.8 Å². The number of halogens is 9. The van der Waals surface area contributed by atoms with Gasteiger partial charge in [0.1, 0.15) is 21.7 Å². The number of rotatable bonds is 3. The molecule has 2 aliphatic rings. The minimum Gasteiger partial charge on any atom is -0.349 e. The number of alkyl halides is 4. The second-order valence-electron chi connectivity index (χ2n) is 10.6. The highest BCUT2D eigenvalue weighted by Crippen LogP contribution is 2.33. The fraction of sp³-hybridized carbons (Fsp3) is 0.400. The highest BCUT2D eigenvalue weighted by Gasteiger charge is 2.37. The van der Waals surface area contributed by atoms with E-state index in [4.69, 9.17) is 34.8 Å². The summed E-state index contributed by atoms with van der Waals surface area (Å²) in [5.41, 5.74) is -0.605. The number of nitrogens with zero attached hydrogens (tertiary/aromatic N) is 5. The van der Waals surface area contributed by atoms with E-state index in [0.717, 1.165) is 18.6 Å². The minimum atomic E-state index is -2.87. The fourth-order valence-electron chi connectivity index (χ4n) is 4.68. The maximum atomic E-state index is 13.6. The predicted octanol–water partition coefficient (Wildman–Crippen LogP) is 8.36. The van der Waals surface area contributed by atoms with Crippen LogP contribution < -0.4 is 16.0 Å². The van der Waals surface area contributed by atoms with Crippen LogP contribution in [0.3, 0.4) is 0 Å². The number of aromatic nitrogens is 6. The molecule has 1 saturated carbocycles. The molecule has 6 rings (SSSR count). The Hall–Kier alpha value is -3.69. The average molecular weight is 741 g/mol. The highest BCUT2D eigenvalue weighted by molar-refractivity contribution is 6.41. The van der Waals surface area contributed by atoms with Gasteiger partial charge in [-0.1, -0.05) is 48.7 Å². The molecule has 2 fully saturated rings. The average Bonchev–Trinajstić information content (AvgIpc) is 3.01. The first-order chi connectivity index (χ1) is 22.1. The van der Waals surface area contributed by atoms with E-state index in [-0.39, 0.29) is 71.3 Å². The van der Waals surface area contributed by atoms with Crippen molar-refractivity contribution in [3.05, 3.63) is 84.5 Å². The Morgan fingerprint density at radius 2 is 1.21 bits per heavy atom. The van der Waals surface area contributed by atoms with E-state index in [1.807, 2.05) is 0 Å². The molecular weight excluding hydrogens is 711 g/mol. The maximum Gasteiger partial charge on any atom is 0.272 e. The van der Waals surface area contributed by atoms with Gasteiger partial charge in [-0.15, -0.1) is 0 Å². The van der Waals surface area contributed by atoms with Gasteiger partial charge in [-0.05, 0) is 31.4 Å². The molecule has 18 heteroatoms. The molecule has 0 unspecified atom stereocenters. The molecule has 0 atom stereocenters. The molecule has 0 bridgehead atoms. The molecule has 0 spiro atoms. The molecule has 1 aliphatic heterocycles. The van der Waals surface area contributed by atoms with Crippen LogP contribution in [0.4, 0.5) is 32.2 Å². The number of hydrogen-bond donors (Lipinski definition) is 2. The van der Waals surface area contributed by atoms with Crippen molar-refractivity contribution in [1.82, 2.24) is 29.9 Å². The molecule has 260 valence electrons. The summed E-state index contributed by atoms with van der Waals surface area (Å²) >= 11 is 17.1. The largest absolute Gasteiger partial charge is 0.349 e. The number of nitrogens with one attached hydrogen (secondary N) is 2. The van der Waals surface area contributed by atoms with Crippen LogP contribution in [-0.4, -0.2) is 54.8 Å². The Bertz CT molecular complexity index is 1820. The zero-order valence-electron chi connectivity index (χ0n) is 24.3. The monoisotopic (exact) mass is 739 g/mol. The predicted molar refractivity (Wildman–Crippen MR) is 172 cm³/mol. The zero-order valence-corrected chi connectivity index (χ0v) is 26.6. The van der Waals surface area contributed by atoms with Crippen LogP contribution in [0.25, 0.3) is 22.8 Å². The standard InChI is InChI=1S/C14H12ClF3N4O.C9H4Cl2FN3O.C6H10F2.CH4/c15-10-12(22-5-1-3-14(17,18)7-22)20-11(21-13(10)23)8-2-4-19-9(16)6-8;10-6-7(11)14-8(15-9(6)16)4-1-2-13-5(12)3-4;7-6(8)4-2-1-3-5-6;/h2,4,6H,1,3,5,7H2,(H,20,21,23);1-3H,(H,14,15,16);1-5H2;1H4. The lowest BCUT2D eigenvalue weighted by Gasteiger charge is -2.33. The Kier molecular flexibility index (Phi) is 13.4. The van der Waals surface area contributed by atoms with E-state index in [9.17, 15) is 35.9 Å². The molecule has 0 amide bonds. The summed E-state index contributed by atoms with van der Waals surface area (Å²) in [5, 5.41) is -0.585. The van der Waals surface area contributed by atoms with Gasteiger partial charge in [0.2, 0.25) is 17.8 Å². The topological polar surface area (TPSA) is 121 Å². The first-order valence-corrected chi connectivity index (χ1v) is 15.3. The van der Waals surface area contributed by atoms with Crippen molar-refractivity contribution in [1.29, 1.82) is 0 Å². The van der Waals surface area contributed by atoms with Gasteiger partial charge in [0.05, 0.1) is 6.54 Å². The van der Waals surface area contributed by atoms with Crippen LogP contribution in [0.1, 0.15) is 52.4 Å². The molecule has 9 nitrogen and oxygen atoms in total. The van der Waals surface area contributed by atoms with E-state index in [0.29, 0.717) is 24.9 Å². The van der Waals surface area contributed by atoms with Crippen LogP contribution in [0.5, 0.6) is 0 Å². The van der Waals surface area contributed by atoms with E-state index >= 15 is 0 Å². The van der Waals surface area contributed by atoms with Crippen LogP contribution in [0.2, 0.25) is 15.2 Å². The smallest absolute Gasteiger partial charge is 0.272 e. The van der Waals surface area contributed by atoms with E-state index < -0.39 is 41.4 Å². The van der Waals surface area contributed by atoms with E-state index in [1.165, 1.54) is 29.4 Å². The third kappa shape index (κ3) is 10.7. The number of aromatic amines is 2. The molecule has 2 N–H and O–H groups in total. The Morgan fingerprint density at radius 1 is 0.708 bits per heavy atom. The van der Waals surface area contributed by atoms with Gasteiger partial charge in [-0.25, -0.2) is 37.5 Å². The molecular formula is C30H30Cl3F6N7O2. The summed E-state index contributed by atoms with van der Waals surface area (Å²) in [6, 6.07) is 5.15. The summed E-state index contributed by atoms with van der Waals surface area (Å²) in [6.07, 6.45) is 5.18. The van der Waals surface area contributed by atoms with Crippen molar-refractivity contribution in [3.63, 3.8) is 0 Å². The fourth-order valence-corrected chi connectivity index (χ4v) is 5.15. The van der Waals surface area contributed by atoms with Gasteiger partial charge in [-0.3, -0.25) is 9.59 Å². The zero-order chi connectivity index (χ0) is 34.4. The molecule has 0 radical (unpaired) electrons. The minimum absolute atomic E-state index is 0. The second-order valence-corrected chi connectivity index (χ2v) is 11.7. The number of pyridine rings is 2. The lowest BCUT2D eigenvalue weighted by Crippen LogP contribution is -2.43. The Morgan fingerprint density at radius 3 is 1.67 bits per heavy atom. The van der Waals surface area contributed by atoms with Crippen LogP contribution in [-0.2, 0) is 0 Å². The van der Waals surface area contributed by atoms with Gasteiger partial charge >= 0.3 is 0 Å². The van der Waals surface area contributed by atoms with Crippen molar-refractivity contribution in [2.45, 2.75) is 64.2 Å². The molecule has 48 heavy (non-hydrogen) atoms. The Labute approximate surface area is 285 Å². The van der Waals surface area contributed by atoms with Gasteiger partial charge < -0.3 is 14.9 Å². The second kappa shape index (κ2) is 16.6. The summed E-state index contributed by atoms with van der Waals surface area (Å²) in [6.45, 7) is -0.247. The summed E-state index contributed by atoms with van der Waals surface area (Å²) in [4.78, 5) is 44.1. The first-order valence-electron chi connectivity index (χ1n) is 14.1. The summed E-state index contributed by atoms with van der Waals surface area (Å²) in [5.74, 6) is -6.45. The summed E-state index contributed by atoms with van der Waals surface area (Å²) in [7, 11) is 0. The number of H-pyrrole nitrogens is 2. The molecule has 1 saturated heterocycles. The molecule has 5 heterocycles. The SMILES string of the molecule is C.FC1(F)CCCCC1.O=c1[nH]c(-c2ccnc(F)c2)nc(Cl)c1Cl.O=c1[nH]c(-c2ccnc(F)c2)nc(N2CCCC(F)(F)C2)c1Cl. The quantitative estimate of drug-likeness (QED) is 0.123. The van der Waals surface area contributed by atoms with Crippen molar-refractivity contribution in [3.8, 4) is 22.8 Å². The van der Waals surface area contributed by atoms with Crippen molar-refractivity contribution < 1.29 is 26.3 Å². The van der Waals surface area contributed by atoms with Crippen LogP contribution in [0, 0.1) is 11.9 Å². The van der Waals surface area contributed by atoms with Crippen molar-refractivity contribution >= 4 is 40.6 Å². The van der Waals surface area contributed by atoms with Crippen molar-refractivity contribution in [2.24, 2.45) is 0 Å². The molecule has 4 aromatic heterocycles. The lowest BCUT2D eigenvalue weighted by atomic mass is 9.97. The van der Waals surface area contributed by atoms with Gasteiger partial charge in [-0.2, -0.15) is 8.78 Å². The van der Waals surface area contributed by atoms with Gasteiger partial charge in [0, 0.05) is 61.5 Å². The van der Waals surface area contributed by atoms with E-state index in [2.05, 4.69) is 29.9 Å². The lowest BCUT2D eigenvalue weighted by molar-refractivity contribution is -0.0337. The normalized spacial score (nSPS) is 16.4. The maximum absolute atomic E-state index is 13.6. The first kappa shape index (κ1) is 38.8. The number of hydrogen-bond acceptors (Lipinski definition) is 7.